The van der Waals surface area contributed by atoms with E-state index in [0.29, 0.717) is 0 Å². The quantitative estimate of drug-likeness (QED) is 0.649. The number of benzene rings is 1. The van der Waals surface area contributed by atoms with Crippen LogP contribution in [0.25, 0.3) is 0 Å². The summed E-state index contributed by atoms with van der Waals surface area (Å²) in [7, 11) is -3.83. The molecular formula is C8H8N2O4S. The summed E-state index contributed by atoms with van der Waals surface area (Å²) >= 11 is 0. The van der Waals surface area contributed by atoms with Gasteiger partial charge in [0.25, 0.3) is 0 Å². The SMILES string of the molecule is O=S1(=O)NC(O)=CN1c1ccccc1O. The van der Waals surface area contributed by atoms with E-state index in [1.54, 1.807) is 12.1 Å². The van der Waals surface area contributed by atoms with Crippen molar-refractivity contribution in [2.75, 3.05) is 4.31 Å². The first-order valence-electron chi connectivity index (χ1n) is 4.02. The van der Waals surface area contributed by atoms with Crippen molar-refractivity contribution in [3.8, 4) is 5.75 Å². The molecule has 0 amide bonds. The van der Waals surface area contributed by atoms with Crippen LogP contribution in [0, 0.1) is 0 Å². The first kappa shape index (κ1) is 9.66. The van der Waals surface area contributed by atoms with Crippen LogP contribution >= 0.6 is 0 Å². The van der Waals surface area contributed by atoms with Crippen LogP contribution < -0.4 is 9.03 Å². The zero-order valence-corrected chi connectivity index (χ0v) is 8.27. The monoisotopic (exact) mass is 228 g/mol. The average Bonchev–Trinajstić information content (AvgIpc) is 2.40. The van der Waals surface area contributed by atoms with Crippen molar-refractivity contribution in [2.45, 2.75) is 0 Å². The number of anilines is 1. The maximum Gasteiger partial charge on any atom is 0.330 e. The van der Waals surface area contributed by atoms with Gasteiger partial charge in [-0.25, -0.2) is 9.03 Å². The Morgan fingerprint density at radius 3 is 2.40 bits per heavy atom. The summed E-state index contributed by atoms with van der Waals surface area (Å²) in [6.45, 7) is 0. The van der Waals surface area contributed by atoms with Gasteiger partial charge < -0.3 is 10.2 Å². The fourth-order valence-electron chi connectivity index (χ4n) is 1.24. The number of aliphatic hydroxyl groups excluding tert-OH is 1. The van der Waals surface area contributed by atoms with E-state index in [4.69, 9.17) is 5.11 Å². The van der Waals surface area contributed by atoms with E-state index < -0.39 is 16.1 Å². The highest BCUT2D eigenvalue weighted by atomic mass is 32.2. The molecule has 0 aliphatic carbocycles. The van der Waals surface area contributed by atoms with E-state index in [9.17, 15) is 13.5 Å². The molecule has 6 nitrogen and oxygen atoms in total. The van der Waals surface area contributed by atoms with Gasteiger partial charge in [-0.3, -0.25) is 0 Å². The molecule has 1 aliphatic rings. The maximum atomic E-state index is 11.4. The molecule has 1 aliphatic heterocycles. The lowest BCUT2D eigenvalue weighted by molar-refractivity contribution is 0.392. The number of para-hydroxylation sites is 2. The van der Waals surface area contributed by atoms with Gasteiger partial charge in [-0.1, -0.05) is 12.1 Å². The van der Waals surface area contributed by atoms with Gasteiger partial charge in [-0.15, -0.1) is 0 Å². The van der Waals surface area contributed by atoms with Gasteiger partial charge in [0.15, 0.2) is 0 Å². The molecule has 80 valence electrons. The van der Waals surface area contributed by atoms with Crippen molar-refractivity contribution in [1.29, 1.82) is 0 Å². The van der Waals surface area contributed by atoms with Crippen LogP contribution in [0.2, 0.25) is 0 Å². The van der Waals surface area contributed by atoms with E-state index in [2.05, 4.69) is 0 Å². The summed E-state index contributed by atoms with van der Waals surface area (Å²) in [6, 6.07) is 5.92. The minimum Gasteiger partial charge on any atom is -0.506 e. The zero-order valence-electron chi connectivity index (χ0n) is 7.45. The summed E-state index contributed by atoms with van der Waals surface area (Å²) in [5.41, 5.74) is 0.0778. The zero-order chi connectivity index (χ0) is 11.1. The van der Waals surface area contributed by atoms with Crippen molar-refractivity contribution in [3.05, 3.63) is 36.3 Å². The van der Waals surface area contributed by atoms with Crippen molar-refractivity contribution >= 4 is 15.9 Å². The van der Waals surface area contributed by atoms with Crippen LogP contribution in [-0.2, 0) is 10.2 Å². The molecule has 1 heterocycles. The number of phenols is 1. The molecule has 0 bridgehead atoms. The van der Waals surface area contributed by atoms with Gasteiger partial charge in [0, 0.05) is 0 Å². The van der Waals surface area contributed by atoms with E-state index in [1.165, 1.54) is 12.1 Å². The number of nitrogens with zero attached hydrogens (tertiary/aromatic N) is 1. The molecule has 0 radical (unpaired) electrons. The molecule has 0 atom stereocenters. The molecule has 0 spiro atoms. The van der Waals surface area contributed by atoms with Crippen LogP contribution in [0.5, 0.6) is 5.75 Å². The van der Waals surface area contributed by atoms with Gasteiger partial charge in [0.2, 0.25) is 5.88 Å². The molecule has 1 aromatic carbocycles. The third-order valence-corrected chi connectivity index (χ3v) is 3.14. The Balaban J connectivity index is 2.53. The van der Waals surface area contributed by atoms with E-state index in [1.807, 2.05) is 4.72 Å². The number of nitrogens with one attached hydrogen (secondary N) is 1. The highest BCUT2D eigenvalue weighted by Crippen LogP contribution is 2.30. The second-order valence-electron chi connectivity index (χ2n) is 2.91. The lowest BCUT2D eigenvalue weighted by atomic mass is 10.3. The Morgan fingerprint density at radius 1 is 1.20 bits per heavy atom. The number of aromatic hydroxyl groups is 1. The Kier molecular flexibility index (Phi) is 1.97. The van der Waals surface area contributed by atoms with Crippen molar-refractivity contribution < 1.29 is 18.6 Å². The van der Waals surface area contributed by atoms with Gasteiger partial charge >= 0.3 is 10.2 Å². The molecule has 0 unspecified atom stereocenters. The number of hydrogen-bond acceptors (Lipinski definition) is 4. The maximum absolute atomic E-state index is 11.4. The molecule has 3 N–H and O–H groups in total. The van der Waals surface area contributed by atoms with E-state index in [-0.39, 0.29) is 11.4 Å². The predicted octanol–water partition coefficient (Wildman–Crippen LogP) is 0.404. The normalized spacial score (nSPS) is 18.4. The number of rotatable bonds is 1. The fraction of sp³-hybridized carbons (Fsp3) is 0. The number of aliphatic hydroxyl groups is 1. The summed E-state index contributed by atoms with van der Waals surface area (Å²) < 4.78 is 25.5. The fourth-order valence-corrected chi connectivity index (χ4v) is 2.30. The molecule has 1 aromatic rings. The van der Waals surface area contributed by atoms with Crippen molar-refractivity contribution in [2.24, 2.45) is 0 Å². The van der Waals surface area contributed by atoms with Crippen molar-refractivity contribution in [3.63, 3.8) is 0 Å². The highest BCUT2D eigenvalue weighted by Gasteiger charge is 2.30. The molecule has 7 heteroatoms. The van der Waals surface area contributed by atoms with Crippen molar-refractivity contribution in [1.82, 2.24) is 4.72 Å². The largest absolute Gasteiger partial charge is 0.506 e. The Hall–Kier alpha value is -1.89. The molecule has 0 aromatic heterocycles. The molecule has 0 saturated carbocycles. The Labute approximate surface area is 86.3 Å². The first-order chi connectivity index (χ1) is 7.00. The van der Waals surface area contributed by atoms with Crippen LogP contribution in [-0.4, -0.2) is 18.6 Å². The molecule has 0 saturated heterocycles. The van der Waals surface area contributed by atoms with Gasteiger partial charge in [-0.05, 0) is 12.1 Å². The average molecular weight is 228 g/mol. The van der Waals surface area contributed by atoms with Gasteiger partial charge in [0.05, 0.1) is 6.20 Å². The lowest BCUT2D eigenvalue weighted by Gasteiger charge is -2.14. The number of phenolic OH excluding ortho intramolecular Hbond substituents is 1. The smallest absolute Gasteiger partial charge is 0.330 e. The highest BCUT2D eigenvalue weighted by molar-refractivity contribution is 7.91. The lowest BCUT2D eigenvalue weighted by Crippen LogP contribution is -2.29. The first-order valence-corrected chi connectivity index (χ1v) is 5.46. The Bertz CT molecular complexity index is 523. The van der Waals surface area contributed by atoms with Crippen LogP contribution in [0.3, 0.4) is 0 Å². The molecular weight excluding hydrogens is 220 g/mol. The summed E-state index contributed by atoms with van der Waals surface area (Å²) in [5, 5.41) is 18.5. The topological polar surface area (TPSA) is 89.9 Å². The van der Waals surface area contributed by atoms with Crippen LogP contribution in [0.15, 0.2) is 36.3 Å². The second kappa shape index (κ2) is 3.06. The summed E-state index contributed by atoms with van der Waals surface area (Å²) in [5.74, 6) is -0.674. The van der Waals surface area contributed by atoms with E-state index >= 15 is 0 Å². The Morgan fingerprint density at radius 2 is 1.87 bits per heavy atom. The minimum absolute atomic E-state index is 0.0778. The van der Waals surface area contributed by atoms with Crippen LogP contribution in [0.1, 0.15) is 0 Å². The van der Waals surface area contributed by atoms with Gasteiger partial charge in [-0.2, -0.15) is 8.42 Å². The summed E-state index contributed by atoms with van der Waals surface area (Å²) in [6.07, 6.45) is 0.977. The standard InChI is InChI=1S/C8H8N2O4S/c11-7-4-2-1-3-6(7)10-5-8(12)9-15(10,13)14/h1-5,9,11-12H. The van der Waals surface area contributed by atoms with Gasteiger partial charge in [0.1, 0.15) is 11.4 Å². The third kappa shape index (κ3) is 1.57. The predicted molar refractivity (Wildman–Crippen MR) is 53.4 cm³/mol. The molecule has 0 fully saturated rings. The third-order valence-electron chi connectivity index (χ3n) is 1.85. The minimum atomic E-state index is -3.83. The van der Waals surface area contributed by atoms with Crippen LogP contribution in [0.4, 0.5) is 5.69 Å². The summed E-state index contributed by atoms with van der Waals surface area (Å²) in [4.78, 5) is 0. The van der Waals surface area contributed by atoms with E-state index in [0.717, 1.165) is 10.5 Å². The molecule has 15 heavy (non-hydrogen) atoms. The molecule has 2 rings (SSSR count). The number of hydrogen-bond donors (Lipinski definition) is 3. The second-order valence-corrected chi connectivity index (χ2v) is 4.45.